The zero-order chi connectivity index (χ0) is 24.1. The van der Waals surface area contributed by atoms with Crippen LogP contribution in [0.5, 0.6) is 0 Å². The van der Waals surface area contributed by atoms with Gasteiger partial charge in [-0.1, -0.05) is 33.8 Å². The number of ether oxygens (including phenoxy) is 2. The second-order valence-electron chi connectivity index (χ2n) is 8.42. The molecule has 2 atom stereocenters. The van der Waals surface area contributed by atoms with Crippen LogP contribution in [-0.2, 0) is 9.47 Å². The minimum atomic E-state index is -0.712. The number of cyclic esters (lactones) is 2. The fourth-order valence-electron chi connectivity index (χ4n) is 3.00. The Morgan fingerprint density at radius 1 is 0.788 bits per heavy atom. The highest BCUT2D eigenvalue weighted by Gasteiger charge is 2.25. The Hall–Kier alpha value is -3.27. The number of esters is 2. The van der Waals surface area contributed by atoms with Crippen LogP contribution in [0.25, 0.3) is 0 Å². The van der Waals surface area contributed by atoms with Crippen molar-refractivity contribution in [2.45, 2.75) is 39.8 Å². The Morgan fingerprint density at radius 2 is 1.21 bits per heavy atom. The van der Waals surface area contributed by atoms with Crippen molar-refractivity contribution in [1.82, 2.24) is 15.6 Å². The molecule has 2 aromatic heterocycles. The van der Waals surface area contributed by atoms with E-state index in [1.54, 1.807) is 12.1 Å². The molecule has 1 aliphatic rings. The number of aromatic nitrogens is 1. The molecule has 0 unspecified atom stereocenters. The lowest BCUT2D eigenvalue weighted by Gasteiger charge is -2.22. The molecular weight excluding hydrogens is 446 g/mol. The number of rotatable bonds is 2. The number of hydrogen-bond acceptors (Lipinski definition) is 8. The van der Waals surface area contributed by atoms with Crippen LogP contribution in [0.4, 0.5) is 0 Å². The fraction of sp³-hybridized carbons (Fsp3) is 0.435. The molecule has 33 heavy (non-hydrogen) atoms. The van der Waals surface area contributed by atoms with Gasteiger partial charge in [0.2, 0.25) is 0 Å². The van der Waals surface area contributed by atoms with Gasteiger partial charge >= 0.3 is 11.9 Å². The van der Waals surface area contributed by atoms with Crippen LogP contribution in [0.2, 0.25) is 0 Å². The Kier molecular flexibility index (Phi) is 7.80. The van der Waals surface area contributed by atoms with Gasteiger partial charge in [0.15, 0.2) is 0 Å². The van der Waals surface area contributed by atoms with Gasteiger partial charge in [-0.05, 0) is 36.1 Å². The predicted octanol–water partition coefficient (Wildman–Crippen LogP) is 2.68. The summed E-state index contributed by atoms with van der Waals surface area (Å²) in [4.78, 5) is 55.3. The maximum Gasteiger partial charge on any atom is 0.357 e. The van der Waals surface area contributed by atoms with Crippen molar-refractivity contribution in [3.05, 3.63) is 51.5 Å². The number of hydrogen-bond donors (Lipinski definition) is 2. The lowest BCUT2D eigenvalue weighted by molar-refractivity contribution is 0.0413. The molecule has 0 spiro atoms. The summed E-state index contributed by atoms with van der Waals surface area (Å²) in [5.74, 6) is -2.20. The molecule has 9 nitrogen and oxygen atoms in total. The van der Waals surface area contributed by atoms with Crippen molar-refractivity contribution in [3.8, 4) is 0 Å². The molecule has 3 rings (SSSR count). The summed E-state index contributed by atoms with van der Waals surface area (Å²) in [5, 5.41) is 5.72. The van der Waals surface area contributed by atoms with E-state index in [-0.39, 0.29) is 48.3 Å². The number of nitrogens with one attached hydrogen (secondary N) is 2. The predicted molar refractivity (Wildman–Crippen MR) is 121 cm³/mol. The summed E-state index contributed by atoms with van der Waals surface area (Å²) in [7, 11) is 0. The monoisotopic (exact) mass is 473 g/mol. The first-order chi connectivity index (χ1) is 15.7. The van der Waals surface area contributed by atoms with Crippen LogP contribution in [0.15, 0.2) is 30.3 Å². The number of carbonyl (C=O) groups is 4. The molecule has 2 amide bonds. The Bertz CT molecular complexity index is 973. The van der Waals surface area contributed by atoms with Gasteiger partial charge in [-0.15, -0.1) is 11.3 Å². The van der Waals surface area contributed by atoms with E-state index < -0.39 is 24.0 Å². The SMILES string of the molecule is CC(C)[C@@H]1COC(=O)c2cccc(n2)C(=O)OC[C@H](C(C)C)NC(=O)c2ccc(s2)C(=O)N1. The smallest absolute Gasteiger partial charge is 0.357 e. The quantitative estimate of drug-likeness (QED) is 0.643. The number of amides is 2. The molecule has 10 heteroatoms. The zero-order valence-electron chi connectivity index (χ0n) is 18.9. The Labute approximate surface area is 195 Å². The van der Waals surface area contributed by atoms with Crippen LogP contribution in [0.1, 0.15) is 68.0 Å². The van der Waals surface area contributed by atoms with Crippen molar-refractivity contribution in [1.29, 1.82) is 0 Å². The normalized spacial score (nSPS) is 20.4. The fourth-order valence-corrected chi connectivity index (χ4v) is 3.82. The highest BCUT2D eigenvalue weighted by molar-refractivity contribution is 7.15. The van der Waals surface area contributed by atoms with Crippen LogP contribution in [0.3, 0.4) is 0 Å². The van der Waals surface area contributed by atoms with Crippen LogP contribution < -0.4 is 10.6 Å². The third-order valence-electron chi connectivity index (χ3n) is 5.25. The standard InChI is InChI=1S/C23H27N3O6S/c1-12(2)16-10-31-22(29)14-6-5-7-15(24-14)23(30)32-11-17(13(3)4)26-21(28)19-9-8-18(33-19)20(27)25-16/h5-9,12-13,16-17H,10-11H2,1-4H3,(H,25,27)(H,26,28)/t16-,17+. The highest BCUT2D eigenvalue weighted by atomic mass is 32.1. The lowest BCUT2D eigenvalue weighted by Crippen LogP contribution is -2.42. The Morgan fingerprint density at radius 3 is 1.61 bits per heavy atom. The molecule has 2 N–H and O–H groups in total. The largest absolute Gasteiger partial charge is 0.459 e. The van der Waals surface area contributed by atoms with Crippen molar-refractivity contribution < 1.29 is 28.7 Å². The topological polar surface area (TPSA) is 124 Å². The minimum Gasteiger partial charge on any atom is -0.459 e. The van der Waals surface area contributed by atoms with Gasteiger partial charge in [-0.25, -0.2) is 14.6 Å². The van der Waals surface area contributed by atoms with Gasteiger partial charge in [0, 0.05) is 0 Å². The molecule has 2 aromatic rings. The van der Waals surface area contributed by atoms with Gasteiger partial charge < -0.3 is 20.1 Å². The van der Waals surface area contributed by atoms with E-state index in [2.05, 4.69) is 15.6 Å². The number of carbonyl (C=O) groups excluding carboxylic acids is 4. The third kappa shape index (κ3) is 6.16. The summed E-state index contributed by atoms with van der Waals surface area (Å²) < 4.78 is 10.7. The number of thiophene rings is 1. The summed E-state index contributed by atoms with van der Waals surface area (Å²) in [6.07, 6.45) is 0. The molecule has 0 saturated carbocycles. The van der Waals surface area contributed by atoms with E-state index in [1.165, 1.54) is 18.2 Å². The molecule has 176 valence electrons. The molecule has 0 aromatic carbocycles. The van der Waals surface area contributed by atoms with E-state index in [0.29, 0.717) is 9.75 Å². The first-order valence-electron chi connectivity index (χ1n) is 10.7. The van der Waals surface area contributed by atoms with Gasteiger partial charge in [-0.2, -0.15) is 0 Å². The molecule has 3 heterocycles. The second-order valence-corrected chi connectivity index (χ2v) is 9.50. The number of fused-ring (bicyclic) bond motifs is 4. The van der Waals surface area contributed by atoms with E-state index in [9.17, 15) is 19.2 Å². The zero-order valence-corrected chi connectivity index (χ0v) is 19.7. The van der Waals surface area contributed by atoms with E-state index >= 15 is 0 Å². The highest BCUT2D eigenvalue weighted by Crippen LogP contribution is 2.18. The van der Waals surface area contributed by atoms with Gasteiger partial charge in [0.05, 0.1) is 21.8 Å². The van der Waals surface area contributed by atoms with Crippen molar-refractivity contribution >= 4 is 35.1 Å². The maximum absolute atomic E-state index is 12.7. The molecule has 0 saturated heterocycles. The average Bonchev–Trinajstić information content (AvgIpc) is 3.28. The third-order valence-corrected chi connectivity index (χ3v) is 6.33. The van der Waals surface area contributed by atoms with Crippen molar-refractivity contribution in [2.24, 2.45) is 11.8 Å². The van der Waals surface area contributed by atoms with Crippen LogP contribution in [0, 0.1) is 11.8 Å². The maximum atomic E-state index is 12.7. The lowest BCUT2D eigenvalue weighted by atomic mass is 10.1. The molecular formula is C23H27N3O6S. The average molecular weight is 474 g/mol. The number of nitrogens with zero attached hydrogens (tertiary/aromatic N) is 1. The van der Waals surface area contributed by atoms with Crippen LogP contribution >= 0.6 is 11.3 Å². The molecule has 0 aliphatic carbocycles. The van der Waals surface area contributed by atoms with Crippen LogP contribution in [-0.4, -0.2) is 54.0 Å². The first kappa shape index (κ1) is 24.4. The number of pyridine rings is 1. The summed E-state index contributed by atoms with van der Waals surface area (Å²) in [6.45, 7) is 7.40. The second kappa shape index (κ2) is 10.6. The Balaban J connectivity index is 1.92. The van der Waals surface area contributed by atoms with E-state index in [0.717, 1.165) is 11.3 Å². The van der Waals surface area contributed by atoms with Crippen molar-refractivity contribution in [2.75, 3.05) is 13.2 Å². The molecule has 4 bridgehead atoms. The summed E-state index contributed by atoms with van der Waals surface area (Å²) >= 11 is 1.06. The van der Waals surface area contributed by atoms with Gasteiger partial charge in [0.25, 0.3) is 11.8 Å². The van der Waals surface area contributed by atoms with Gasteiger partial charge in [0.1, 0.15) is 24.6 Å². The van der Waals surface area contributed by atoms with Crippen molar-refractivity contribution in [3.63, 3.8) is 0 Å². The van der Waals surface area contributed by atoms with E-state index in [1.807, 2.05) is 27.7 Å². The molecule has 0 fully saturated rings. The molecule has 1 aliphatic heterocycles. The van der Waals surface area contributed by atoms with E-state index in [4.69, 9.17) is 9.47 Å². The summed E-state index contributed by atoms with van der Waals surface area (Å²) in [6, 6.07) is 6.61. The first-order valence-corrected chi connectivity index (χ1v) is 11.5. The van der Waals surface area contributed by atoms with Gasteiger partial charge in [-0.3, -0.25) is 9.59 Å². The summed E-state index contributed by atoms with van der Waals surface area (Å²) in [5.41, 5.74) is -0.0907. The molecule has 0 radical (unpaired) electrons. The minimum absolute atomic E-state index is 0.0313.